The summed E-state index contributed by atoms with van der Waals surface area (Å²) in [5.41, 5.74) is 6.03. The highest BCUT2D eigenvalue weighted by atomic mass is 32.2. The number of primary amides is 1. The number of aromatic nitrogens is 1. The van der Waals surface area contributed by atoms with E-state index < -0.39 is 15.9 Å². The Labute approximate surface area is 134 Å². The number of rotatable bonds is 7. The van der Waals surface area contributed by atoms with E-state index >= 15 is 0 Å². The molecule has 0 radical (unpaired) electrons. The Kier molecular flexibility index (Phi) is 5.30. The summed E-state index contributed by atoms with van der Waals surface area (Å²) in [6, 6.07) is 9.38. The summed E-state index contributed by atoms with van der Waals surface area (Å²) in [6.45, 7) is 0.192. The van der Waals surface area contributed by atoms with Crippen LogP contribution in [0, 0.1) is 0 Å². The molecule has 0 aliphatic carbocycles. The molecule has 8 heteroatoms. The number of sulfonamides is 1. The molecule has 2 aromatic rings. The van der Waals surface area contributed by atoms with Crippen LogP contribution in [0.25, 0.3) is 0 Å². The number of hydrogen-bond donors (Lipinski definition) is 2. The lowest BCUT2D eigenvalue weighted by molar-refractivity contribution is 0.0997. The molecule has 7 nitrogen and oxygen atoms in total. The van der Waals surface area contributed by atoms with Gasteiger partial charge in [0.15, 0.2) is 0 Å². The third-order valence-electron chi connectivity index (χ3n) is 3.15. The van der Waals surface area contributed by atoms with E-state index in [1.54, 1.807) is 12.3 Å². The SMILES string of the molecule is COc1ccc(S(=O)(=O)NCCc2ccccn2)cc1C(N)=O. The first-order chi connectivity index (χ1) is 10.9. The molecule has 0 unspecified atom stereocenters. The lowest BCUT2D eigenvalue weighted by Crippen LogP contribution is -2.26. The van der Waals surface area contributed by atoms with Crippen LogP contribution in [-0.4, -0.2) is 33.0 Å². The van der Waals surface area contributed by atoms with Crippen LogP contribution in [0.15, 0.2) is 47.5 Å². The van der Waals surface area contributed by atoms with E-state index in [0.717, 1.165) is 5.69 Å². The summed E-state index contributed by atoms with van der Waals surface area (Å²) in [5, 5.41) is 0. The minimum absolute atomic E-state index is 0.0140. The number of methoxy groups -OCH3 is 1. The fourth-order valence-electron chi connectivity index (χ4n) is 1.99. The Morgan fingerprint density at radius 2 is 2.09 bits per heavy atom. The number of hydrogen-bond acceptors (Lipinski definition) is 5. The number of carbonyl (C=O) groups is 1. The highest BCUT2D eigenvalue weighted by molar-refractivity contribution is 7.89. The van der Waals surface area contributed by atoms with E-state index in [-0.39, 0.29) is 22.8 Å². The monoisotopic (exact) mass is 335 g/mol. The van der Waals surface area contributed by atoms with E-state index in [9.17, 15) is 13.2 Å². The van der Waals surface area contributed by atoms with Gasteiger partial charge < -0.3 is 10.5 Å². The summed E-state index contributed by atoms with van der Waals surface area (Å²) in [6.07, 6.45) is 2.10. The second kappa shape index (κ2) is 7.21. The van der Waals surface area contributed by atoms with Gasteiger partial charge in [0.05, 0.1) is 17.6 Å². The van der Waals surface area contributed by atoms with E-state index in [4.69, 9.17) is 10.5 Å². The maximum atomic E-state index is 12.3. The molecule has 0 fully saturated rings. The molecule has 0 aliphatic heterocycles. The summed E-state index contributed by atoms with van der Waals surface area (Å²) in [4.78, 5) is 15.4. The molecule has 1 amide bonds. The highest BCUT2D eigenvalue weighted by Crippen LogP contribution is 2.21. The molecule has 122 valence electrons. The second-order valence-electron chi connectivity index (χ2n) is 4.70. The van der Waals surface area contributed by atoms with Crippen LogP contribution in [0.4, 0.5) is 0 Å². The van der Waals surface area contributed by atoms with Crippen LogP contribution < -0.4 is 15.2 Å². The van der Waals surface area contributed by atoms with Crippen LogP contribution in [0.2, 0.25) is 0 Å². The van der Waals surface area contributed by atoms with Gasteiger partial charge in [0, 0.05) is 24.9 Å². The highest BCUT2D eigenvalue weighted by Gasteiger charge is 2.18. The summed E-state index contributed by atoms with van der Waals surface area (Å²) >= 11 is 0. The second-order valence-corrected chi connectivity index (χ2v) is 6.46. The topological polar surface area (TPSA) is 111 Å². The number of nitrogens with zero attached hydrogens (tertiary/aromatic N) is 1. The van der Waals surface area contributed by atoms with Gasteiger partial charge in [0.2, 0.25) is 10.0 Å². The fraction of sp³-hybridized carbons (Fsp3) is 0.200. The molecule has 0 saturated heterocycles. The first-order valence-corrected chi connectivity index (χ1v) is 8.30. The number of amides is 1. The standard InChI is InChI=1S/C15H17N3O4S/c1-22-14-6-5-12(10-13(14)15(16)19)23(20,21)18-9-7-11-4-2-3-8-17-11/h2-6,8,10,18H,7,9H2,1H3,(H2,16,19). The molecular formula is C15H17N3O4S. The largest absolute Gasteiger partial charge is 0.496 e. The van der Waals surface area contributed by atoms with Crippen molar-refractivity contribution in [3.63, 3.8) is 0 Å². The molecular weight excluding hydrogens is 318 g/mol. The van der Waals surface area contributed by atoms with Gasteiger partial charge in [-0.15, -0.1) is 0 Å². The van der Waals surface area contributed by atoms with Crippen LogP contribution >= 0.6 is 0 Å². The molecule has 1 heterocycles. The maximum Gasteiger partial charge on any atom is 0.252 e. The van der Waals surface area contributed by atoms with Gasteiger partial charge >= 0.3 is 0 Å². The van der Waals surface area contributed by atoms with Crippen molar-refractivity contribution in [3.8, 4) is 5.75 Å². The van der Waals surface area contributed by atoms with Crippen molar-refractivity contribution in [2.24, 2.45) is 5.73 Å². The minimum atomic E-state index is -3.75. The number of carbonyl (C=O) groups excluding carboxylic acids is 1. The third kappa shape index (κ3) is 4.27. The number of pyridine rings is 1. The number of nitrogens with one attached hydrogen (secondary N) is 1. The van der Waals surface area contributed by atoms with E-state index in [1.807, 2.05) is 12.1 Å². The average Bonchev–Trinajstić information content (AvgIpc) is 2.55. The normalized spacial score (nSPS) is 11.2. The Balaban J connectivity index is 2.13. The first-order valence-electron chi connectivity index (χ1n) is 6.81. The molecule has 3 N–H and O–H groups in total. The van der Waals surface area contributed by atoms with Crippen molar-refractivity contribution < 1.29 is 17.9 Å². The van der Waals surface area contributed by atoms with Crippen molar-refractivity contribution in [2.45, 2.75) is 11.3 Å². The van der Waals surface area contributed by atoms with Gasteiger partial charge in [0.25, 0.3) is 5.91 Å². The van der Waals surface area contributed by atoms with Crippen LogP contribution in [0.3, 0.4) is 0 Å². The minimum Gasteiger partial charge on any atom is -0.496 e. The lowest BCUT2D eigenvalue weighted by atomic mass is 10.2. The fourth-order valence-corrected chi connectivity index (χ4v) is 3.05. The molecule has 0 atom stereocenters. The van der Waals surface area contributed by atoms with E-state index in [0.29, 0.717) is 6.42 Å². The van der Waals surface area contributed by atoms with E-state index in [1.165, 1.54) is 25.3 Å². The lowest BCUT2D eigenvalue weighted by Gasteiger charge is -2.10. The molecule has 1 aromatic carbocycles. The van der Waals surface area contributed by atoms with Gasteiger partial charge in [-0.25, -0.2) is 13.1 Å². The van der Waals surface area contributed by atoms with Gasteiger partial charge in [-0.05, 0) is 30.3 Å². The maximum absolute atomic E-state index is 12.3. The van der Waals surface area contributed by atoms with Gasteiger partial charge in [-0.2, -0.15) is 0 Å². The predicted octanol–water partition coefficient (Wildman–Crippen LogP) is 0.710. The Bertz CT molecular complexity index is 792. The molecule has 0 saturated carbocycles. The molecule has 23 heavy (non-hydrogen) atoms. The smallest absolute Gasteiger partial charge is 0.252 e. The quantitative estimate of drug-likeness (QED) is 0.774. The summed E-state index contributed by atoms with van der Waals surface area (Å²) in [7, 11) is -2.38. The molecule has 0 bridgehead atoms. The van der Waals surface area contributed by atoms with Gasteiger partial charge in [-0.1, -0.05) is 6.07 Å². The van der Waals surface area contributed by atoms with Crippen molar-refractivity contribution in [1.29, 1.82) is 0 Å². The van der Waals surface area contributed by atoms with Crippen molar-refractivity contribution in [1.82, 2.24) is 9.71 Å². The van der Waals surface area contributed by atoms with Gasteiger partial charge in [-0.3, -0.25) is 9.78 Å². The molecule has 1 aromatic heterocycles. The predicted molar refractivity (Wildman–Crippen MR) is 84.6 cm³/mol. The molecule has 0 spiro atoms. The van der Waals surface area contributed by atoms with Crippen LogP contribution in [0.5, 0.6) is 5.75 Å². The molecule has 0 aliphatic rings. The Hall–Kier alpha value is -2.45. The van der Waals surface area contributed by atoms with Crippen molar-refractivity contribution >= 4 is 15.9 Å². The zero-order valence-corrected chi connectivity index (χ0v) is 13.3. The Morgan fingerprint density at radius 3 is 2.70 bits per heavy atom. The Morgan fingerprint density at radius 1 is 1.30 bits per heavy atom. The van der Waals surface area contributed by atoms with Gasteiger partial charge in [0.1, 0.15) is 5.75 Å². The summed E-state index contributed by atoms with van der Waals surface area (Å²) in [5.74, 6) is -0.530. The third-order valence-corrected chi connectivity index (χ3v) is 4.60. The van der Waals surface area contributed by atoms with Crippen molar-refractivity contribution in [3.05, 3.63) is 53.9 Å². The molecule has 2 rings (SSSR count). The average molecular weight is 335 g/mol. The number of ether oxygens (including phenoxy) is 1. The van der Waals surface area contributed by atoms with Crippen LogP contribution in [-0.2, 0) is 16.4 Å². The first kappa shape index (κ1) is 16.9. The number of benzene rings is 1. The summed E-state index contributed by atoms with van der Waals surface area (Å²) < 4.78 is 32.0. The van der Waals surface area contributed by atoms with Crippen LogP contribution in [0.1, 0.15) is 16.1 Å². The zero-order chi connectivity index (χ0) is 16.9. The number of nitrogens with two attached hydrogens (primary N) is 1. The van der Waals surface area contributed by atoms with E-state index in [2.05, 4.69) is 9.71 Å². The zero-order valence-electron chi connectivity index (χ0n) is 12.5. The van der Waals surface area contributed by atoms with Crippen molar-refractivity contribution in [2.75, 3.05) is 13.7 Å².